The molecule has 0 atom stereocenters. The van der Waals surface area contributed by atoms with E-state index in [2.05, 4.69) is 9.97 Å². The Morgan fingerprint density at radius 2 is 1.87 bits per heavy atom. The van der Waals surface area contributed by atoms with Crippen LogP contribution in [0.15, 0.2) is 0 Å². The van der Waals surface area contributed by atoms with Crippen LogP contribution in [0.1, 0.15) is 29.1 Å². The standard InChI is InChI=1S/C10H13BN2O2/c1-6-8(5-11)12-7(2)9(13-6)10-14-3-4-15-10/h10H,3-5H2,1-2H3. The molecule has 0 aromatic carbocycles. The number of ether oxygens (including phenoxy) is 2. The lowest BCUT2D eigenvalue weighted by Crippen LogP contribution is -2.10. The normalized spacial score (nSPS) is 17.2. The molecule has 0 N–H and O–H groups in total. The van der Waals surface area contributed by atoms with Crippen molar-refractivity contribution in [2.24, 2.45) is 0 Å². The summed E-state index contributed by atoms with van der Waals surface area (Å²) in [5, 5.41) is 0. The van der Waals surface area contributed by atoms with Gasteiger partial charge < -0.3 is 9.47 Å². The van der Waals surface area contributed by atoms with Crippen LogP contribution in [0, 0.1) is 13.8 Å². The lowest BCUT2D eigenvalue weighted by molar-refractivity contribution is -0.0481. The van der Waals surface area contributed by atoms with Crippen LogP contribution in [0.4, 0.5) is 0 Å². The number of rotatable bonds is 2. The highest BCUT2D eigenvalue weighted by atomic mass is 16.7. The smallest absolute Gasteiger partial charge is 0.203 e. The first-order chi connectivity index (χ1) is 7.22. The molecule has 0 saturated carbocycles. The fourth-order valence-corrected chi connectivity index (χ4v) is 1.60. The Morgan fingerprint density at radius 3 is 2.47 bits per heavy atom. The Hall–Kier alpha value is -0.935. The first-order valence-corrected chi connectivity index (χ1v) is 4.99. The quantitative estimate of drug-likeness (QED) is 0.668. The molecule has 2 heterocycles. The molecule has 2 rings (SSSR count). The zero-order chi connectivity index (χ0) is 10.8. The third kappa shape index (κ3) is 2.03. The first kappa shape index (κ1) is 10.6. The lowest BCUT2D eigenvalue weighted by Gasteiger charge is -2.13. The Labute approximate surface area is 90.4 Å². The number of hydrogen-bond acceptors (Lipinski definition) is 4. The molecular weight excluding hydrogens is 191 g/mol. The zero-order valence-electron chi connectivity index (χ0n) is 8.99. The summed E-state index contributed by atoms with van der Waals surface area (Å²) < 4.78 is 10.8. The van der Waals surface area contributed by atoms with Crippen molar-refractivity contribution in [1.29, 1.82) is 0 Å². The van der Waals surface area contributed by atoms with Crippen LogP contribution in [0.5, 0.6) is 0 Å². The molecule has 78 valence electrons. The second-order valence-corrected chi connectivity index (χ2v) is 3.50. The van der Waals surface area contributed by atoms with E-state index in [1.54, 1.807) is 0 Å². The molecule has 0 unspecified atom stereocenters. The van der Waals surface area contributed by atoms with Gasteiger partial charge in [0.15, 0.2) is 0 Å². The van der Waals surface area contributed by atoms with E-state index >= 15 is 0 Å². The monoisotopic (exact) mass is 204 g/mol. The summed E-state index contributed by atoms with van der Waals surface area (Å²) in [7, 11) is 5.56. The van der Waals surface area contributed by atoms with Crippen LogP contribution in [0.25, 0.3) is 0 Å². The molecule has 1 aliphatic heterocycles. The molecule has 1 fully saturated rings. The average Bonchev–Trinajstić information content (AvgIpc) is 2.74. The highest BCUT2D eigenvalue weighted by Crippen LogP contribution is 2.24. The van der Waals surface area contributed by atoms with Gasteiger partial charge in [-0.1, -0.05) is 0 Å². The zero-order valence-corrected chi connectivity index (χ0v) is 8.99. The number of aromatic nitrogens is 2. The van der Waals surface area contributed by atoms with Crippen molar-refractivity contribution in [1.82, 2.24) is 9.97 Å². The largest absolute Gasteiger partial charge is 0.345 e. The minimum absolute atomic E-state index is 0.358. The average molecular weight is 204 g/mol. The first-order valence-electron chi connectivity index (χ1n) is 4.99. The van der Waals surface area contributed by atoms with Crippen LogP contribution >= 0.6 is 0 Å². The van der Waals surface area contributed by atoms with E-state index in [0.717, 1.165) is 22.8 Å². The van der Waals surface area contributed by atoms with E-state index in [0.29, 0.717) is 19.5 Å². The lowest BCUT2D eigenvalue weighted by atomic mass is 10.00. The minimum atomic E-state index is -0.358. The SMILES string of the molecule is [B]Cc1nc(C)c(C2OCCO2)nc1C. The van der Waals surface area contributed by atoms with E-state index < -0.39 is 0 Å². The molecule has 0 spiro atoms. The van der Waals surface area contributed by atoms with E-state index in [4.69, 9.17) is 17.3 Å². The van der Waals surface area contributed by atoms with Crippen molar-refractivity contribution >= 4 is 7.85 Å². The minimum Gasteiger partial charge on any atom is -0.345 e. The fraction of sp³-hybridized carbons (Fsp3) is 0.600. The summed E-state index contributed by atoms with van der Waals surface area (Å²) in [5.74, 6) is 0. The van der Waals surface area contributed by atoms with E-state index in [1.807, 2.05) is 13.8 Å². The number of aryl methyl sites for hydroxylation is 2. The third-order valence-corrected chi connectivity index (χ3v) is 2.42. The molecule has 1 aromatic rings. The molecule has 0 aliphatic carbocycles. The number of hydrogen-bond donors (Lipinski definition) is 0. The second kappa shape index (κ2) is 4.29. The van der Waals surface area contributed by atoms with Crippen molar-refractivity contribution in [3.63, 3.8) is 0 Å². The van der Waals surface area contributed by atoms with Crippen LogP contribution in [0.3, 0.4) is 0 Å². The van der Waals surface area contributed by atoms with Gasteiger partial charge in [0.25, 0.3) is 0 Å². The van der Waals surface area contributed by atoms with Gasteiger partial charge in [0.2, 0.25) is 6.29 Å². The van der Waals surface area contributed by atoms with Gasteiger partial charge in [-0.25, -0.2) is 4.98 Å². The molecule has 1 aromatic heterocycles. The predicted molar refractivity (Wildman–Crippen MR) is 55.6 cm³/mol. The maximum Gasteiger partial charge on any atom is 0.203 e. The van der Waals surface area contributed by atoms with E-state index in [9.17, 15) is 0 Å². The van der Waals surface area contributed by atoms with Gasteiger partial charge in [-0.2, -0.15) is 0 Å². The summed E-state index contributed by atoms with van der Waals surface area (Å²) in [4.78, 5) is 8.82. The highest BCUT2D eigenvalue weighted by molar-refractivity contribution is 6.08. The van der Waals surface area contributed by atoms with Crippen molar-refractivity contribution in [2.75, 3.05) is 13.2 Å². The van der Waals surface area contributed by atoms with Crippen molar-refractivity contribution in [3.8, 4) is 0 Å². The Balaban J connectivity index is 2.35. The molecule has 2 radical (unpaired) electrons. The van der Waals surface area contributed by atoms with Gasteiger partial charge in [0, 0.05) is 0 Å². The molecule has 4 nitrogen and oxygen atoms in total. The molecular formula is C10H13BN2O2. The summed E-state index contributed by atoms with van der Waals surface area (Å²) in [6, 6.07) is 0. The van der Waals surface area contributed by atoms with Crippen LogP contribution in [-0.4, -0.2) is 31.0 Å². The Morgan fingerprint density at radius 1 is 1.20 bits per heavy atom. The Bertz CT molecular complexity index is 365. The topological polar surface area (TPSA) is 44.2 Å². The van der Waals surface area contributed by atoms with E-state index in [-0.39, 0.29) is 6.29 Å². The van der Waals surface area contributed by atoms with Gasteiger partial charge in [-0.3, -0.25) is 4.98 Å². The summed E-state index contributed by atoms with van der Waals surface area (Å²) in [6.45, 7) is 5.02. The van der Waals surface area contributed by atoms with Crippen molar-refractivity contribution in [2.45, 2.75) is 26.5 Å². The van der Waals surface area contributed by atoms with Crippen molar-refractivity contribution < 1.29 is 9.47 Å². The summed E-state index contributed by atoms with van der Waals surface area (Å²) in [5.41, 5.74) is 3.27. The number of nitrogens with zero attached hydrogens (tertiary/aromatic N) is 2. The van der Waals surface area contributed by atoms with Crippen LogP contribution in [0.2, 0.25) is 0 Å². The van der Waals surface area contributed by atoms with Gasteiger partial charge in [-0.05, 0) is 20.2 Å². The molecule has 1 saturated heterocycles. The van der Waals surface area contributed by atoms with Gasteiger partial charge in [0.1, 0.15) is 5.69 Å². The van der Waals surface area contributed by atoms with Crippen LogP contribution < -0.4 is 0 Å². The highest BCUT2D eigenvalue weighted by Gasteiger charge is 2.23. The van der Waals surface area contributed by atoms with Gasteiger partial charge >= 0.3 is 0 Å². The van der Waals surface area contributed by atoms with Gasteiger partial charge in [0.05, 0.1) is 38.1 Å². The third-order valence-electron chi connectivity index (χ3n) is 2.42. The van der Waals surface area contributed by atoms with Gasteiger partial charge in [-0.15, -0.1) is 0 Å². The van der Waals surface area contributed by atoms with E-state index in [1.165, 1.54) is 0 Å². The van der Waals surface area contributed by atoms with Crippen LogP contribution in [-0.2, 0) is 15.8 Å². The maximum atomic E-state index is 5.56. The predicted octanol–water partition coefficient (Wildman–Crippen LogP) is 0.807. The molecule has 15 heavy (non-hydrogen) atoms. The summed E-state index contributed by atoms with van der Waals surface area (Å²) in [6.07, 6.45) is 0.0508. The molecule has 1 aliphatic rings. The Kier molecular flexibility index (Phi) is 3.02. The fourth-order valence-electron chi connectivity index (χ4n) is 1.60. The summed E-state index contributed by atoms with van der Waals surface area (Å²) >= 11 is 0. The molecule has 0 bridgehead atoms. The molecule has 5 heteroatoms. The second-order valence-electron chi connectivity index (χ2n) is 3.50. The van der Waals surface area contributed by atoms with Crippen molar-refractivity contribution in [3.05, 3.63) is 22.8 Å². The molecule has 0 amide bonds. The maximum absolute atomic E-state index is 5.56.